The summed E-state index contributed by atoms with van der Waals surface area (Å²) >= 11 is 3.23. The zero-order valence-electron chi connectivity index (χ0n) is 14.7. The van der Waals surface area contributed by atoms with E-state index in [-0.39, 0.29) is 5.91 Å². The van der Waals surface area contributed by atoms with E-state index in [1.807, 2.05) is 35.7 Å². The molecule has 0 radical (unpaired) electrons. The number of amides is 1. The molecule has 136 valence electrons. The zero-order valence-corrected chi connectivity index (χ0v) is 16.3. The molecule has 0 bridgehead atoms. The van der Waals surface area contributed by atoms with Gasteiger partial charge in [0.2, 0.25) is 0 Å². The number of rotatable bonds is 4. The van der Waals surface area contributed by atoms with Crippen LogP contribution < -0.4 is 4.74 Å². The smallest absolute Gasteiger partial charge is 0.262 e. The lowest BCUT2D eigenvalue weighted by atomic mass is 10.1. The highest BCUT2D eigenvalue weighted by Crippen LogP contribution is 2.33. The molecule has 0 unspecified atom stereocenters. The number of aromatic nitrogens is 2. The summed E-state index contributed by atoms with van der Waals surface area (Å²) in [7, 11) is 1.58. The monoisotopic (exact) mass is 395 g/mol. The molecular formula is C20H17N3O2S2. The Labute approximate surface area is 165 Å². The summed E-state index contributed by atoms with van der Waals surface area (Å²) in [5.41, 5.74) is 2.41. The van der Waals surface area contributed by atoms with Crippen molar-refractivity contribution in [3.63, 3.8) is 0 Å². The fourth-order valence-corrected chi connectivity index (χ4v) is 4.60. The van der Waals surface area contributed by atoms with Crippen LogP contribution in [0.25, 0.3) is 16.6 Å². The van der Waals surface area contributed by atoms with Crippen LogP contribution in [0, 0.1) is 0 Å². The second kappa shape index (κ2) is 7.94. The Hall–Kier alpha value is -2.64. The summed E-state index contributed by atoms with van der Waals surface area (Å²) in [6.07, 6.45) is 5.52. The van der Waals surface area contributed by atoms with Gasteiger partial charge in [-0.05, 0) is 30.3 Å². The number of para-hydroxylation sites is 1. The molecule has 0 aliphatic carbocycles. The number of hydrogen-bond acceptors (Lipinski definition) is 6. The molecule has 1 fully saturated rings. The highest BCUT2D eigenvalue weighted by Gasteiger charge is 2.27. The minimum Gasteiger partial charge on any atom is -0.496 e. The Bertz CT molecular complexity index is 986. The van der Waals surface area contributed by atoms with Gasteiger partial charge in [-0.25, -0.2) is 4.98 Å². The van der Waals surface area contributed by atoms with Gasteiger partial charge in [0.05, 0.1) is 23.4 Å². The number of carbonyl (C=O) groups is 1. The number of pyridine rings is 1. The fourth-order valence-electron chi connectivity index (χ4n) is 2.82. The first-order chi connectivity index (χ1) is 13.3. The minimum atomic E-state index is -0.0496. The third-order valence-corrected chi connectivity index (χ3v) is 6.05. The lowest BCUT2D eigenvalue weighted by Gasteiger charge is -2.18. The van der Waals surface area contributed by atoms with Crippen molar-refractivity contribution in [3.05, 3.63) is 70.5 Å². The van der Waals surface area contributed by atoms with Crippen LogP contribution in [0.15, 0.2) is 59.2 Å². The molecule has 3 aromatic rings. The van der Waals surface area contributed by atoms with Gasteiger partial charge in [-0.15, -0.1) is 23.1 Å². The molecule has 4 rings (SSSR count). The summed E-state index contributed by atoms with van der Waals surface area (Å²) in [6.45, 7) is 0.674. The van der Waals surface area contributed by atoms with Gasteiger partial charge in [0.1, 0.15) is 10.8 Å². The van der Waals surface area contributed by atoms with E-state index in [4.69, 9.17) is 4.74 Å². The summed E-state index contributed by atoms with van der Waals surface area (Å²) in [5.74, 6) is 1.41. The third-order valence-electron chi connectivity index (χ3n) is 4.12. The van der Waals surface area contributed by atoms with Crippen LogP contribution in [-0.2, 0) is 0 Å². The van der Waals surface area contributed by atoms with Gasteiger partial charge in [-0.1, -0.05) is 12.1 Å². The van der Waals surface area contributed by atoms with Gasteiger partial charge in [-0.3, -0.25) is 9.78 Å². The van der Waals surface area contributed by atoms with Crippen LogP contribution in [0.5, 0.6) is 5.75 Å². The summed E-state index contributed by atoms with van der Waals surface area (Å²) in [4.78, 5) is 23.6. The van der Waals surface area contributed by atoms with E-state index in [0.717, 1.165) is 27.0 Å². The Morgan fingerprint density at radius 2 is 2.15 bits per heavy atom. The minimum absolute atomic E-state index is 0.0496. The highest BCUT2D eigenvalue weighted by atomic mass is 32.2. The molecule has 0 atom stereocenters. The molecule has 27 heavy (non-hydrogen) atoms. The number of carbonyl (C=O) groups excluding carboxylic acids is 1. The number of methoxy groups -OCH3 is 1. The van der Waals surface area contributed by atoms with Crippen molar-refractivity contribution in [2.75, 3.05) is 19.4 Å². The normalized spacial score (nSPS) is 15.3. The van der Waals surface area contributed by atoms with Gasteiger partial charge >= 0.3 is 0 Å². The summed E-state index contributed by atoms with van der Waals surface area (Å²) < 4.78 is 5.34. The van der Waals surface area contributed by atoms with Gasteiger partial charge in [0.15, 0.2) is 0 Å². The molecule has 5 nitrogen and oxygen atoms in total. The first-order valence-corrected chi connectivity index (χ1v) is 10.3. The predicted octanol–water partition coefficient (Wildman–Crippen LogP) is 4.40. The maximum absolute atomic E-state index is 13.0. The van der Waals surface area contributed by atoms with Crippen LogP contribution >= 0.6 is 23.1 Å². The molecule has 1 aromatic carbocycles. The van der Waals surface area contributed by atoms with Crippen molar-refractivity contribution in [2.24, 2.45) is 0 Å². The van der Waals surface area contributed by atoms with Crippen LogP contribution in [-0.4, -0.2) is 40.2 Å². The molecular weight excluding hydrogens is 378 g/mol. The lowest BCUT2D eigenvalue weighted by Crippen LogP contribution is -2.27. The van der Waals surface area contributed by atoms with Crippen molar-refractivity contribution in [1.82, 2.24) is 14.9 Å². The Morgan fingerprint density at radius 1 is 1.26 bits per heavy atom. The number of thiazole rings is 1. The van der Waals surface area contributed by atoms with Crippen molar-refractivity contribution < 1.29 is 9.53 Å². The standard InChI is InChI=1S/C20H17N3O2S2/c1-25-17-7-3-2-6-16(17)20(24)23-9-10-26-18(23)11-15-13-27-19(22-15)14-5-4-8-21-12-14/h2-8,11-13H,9-10H2,1H3/b18-11+. The SMILES string of the molecule is COc1ccccc1C(=O)N1CCS/C1=C/c1csc(-c2cccnc2)n1. The van der Waals surface area contributed by atoms with Gasteiger partial charge in [-0.2, -0.15) is 0 Å². The number of benzene rings is 1. The molecule has 1 aliphatic heterocycles. The second-order valence-corrected chi connectivity index (χ2v) is 7.78. The van der Waals surface area contributed by atoms with E-state index in [9.17, 15) is 4.79 Å². The molecule has 0 saturated carbocycles. The number of thioether (sulfide) groups is 1. The largest absolute Gasteiger partial charge is 0.496 e. The fraction of sp³-hybridized carbons (Fsp3) is 0.150. The number of nitrogens with zero attached hydrogens (tertiary/aromatic N) is 3. The maximum atomic E-state index is 13.0. The van der Waals surface area contributed by atoms with E-state index in [0.29, 0.717) is 17.9 Å². The quantitative estimate of drug-likeness (QED) is 0.655. The third kappa shape index (κ3) is 3.74. The van der Waals surface area contributed by atoms with Crippen molar-refractivity contribution >= 4 is 35.1 Å². The van der Waals surface area contributed by atoms with Crippen LogP contribution in [0.3, 0.4) is 0 Å². The van der Waals surface area contributed by atoms with Crippen molar-refractivity contribution in [2.45, 2.75) is 0 Å². The van der Waals surface area contributed by atoms with E-state index in [1.54, 1.807) is 59.6 Å². The molecule has 1 saturated heterocycles. The molecule has 0 spiro atoms. The topological polar surface area (TPSA) is 55.3 Å². The van der Waals surface area contributed by atoms with E-state index in [1.165, 1.54) is 0 Å². The highest BCUT2D eigenvalue weighted by molar-refractivity contribution is 8.03. The van der Waals surface area contributed by atoms with Crippen molar-refractivity contribution in [1.29, 1.82) is 0 Å². The Kier molecular flexibility index (Phi) is 5.22. The van der Waals surface area contributed by atoms with E-state index < -0.39 is 0 Å². The lowest BCUT2D eigenvalue weighted by molar-refractivity contribution is 0.0827. The molecule has 1 aliphatic rings. The second-order valence-electron chi connectivity index (χ2n) is 5.81. The molecule has 2 aromatic heterocycles. The van der Waals surface area contributed by atoms with Crippen LogP contribution in [0.1, 0.15) is 16.1 Å². The average Bonchev–Trinajstić information content (AvgIpc) is 3.38. The van der Waals surface area contributed by atoms with Gasteiger partial charge in [0, 0.05) is 35.6 Å². The Balaban J connectivity index is 1.60. The van der Waals surface area contributed by atoms with Crippen molar-refractivity contribution in [3.8, 4) is 16.3 Å². The zero-order chi connectivity index (χ0) is 18.6. The van der Waals surface area contributed by atoms with E-state index in [2.05, 4.69) is 9.97 Å². The van der Waals surface area contributed by atoms with Crippen LogP contribution in [0.2, 0.25) is 0 Å². The van der Waals surface area contributed by atoms with Gasteiger partial charge < -0.3 is 9.64 Å². The summed E-state index contributed by atoms with van der Waals surface area (Å²) in [6, 6.07) is 11.2. The first kappa shape index (κ1) is 17.8. The van der Waals surface area contributed by atoms with E-state index >= 15 is 0 Å². The molecule has 3 heterocycles. The number of hydrogen-bond donors (Lipinski definition) is 0. The summed E-state index contributed by atoms with van der Waals surface area (Å²) in [5, 5.41) is 3.83. The molecule has 0 N–H and O–H groups in total. The number of ether oxygens (including phenoxy) is 1. The molecule has 1 amide bonds. The first-order valence-electron chi connectivity index (χ1n) is 8.41. The molecule has 7 heteroatoms. The maximum Gasteiger partial charge on any atom is 0.262 e. The van der Waals surface area contributed by atoms with Crippen LogP contribution in [0.4, 0.5) is 0 Å². The predicted molar refractivity (Wildman–Crippen MR) is 110 cm³/mol. The average molecular weight is 396 g/mol. The van der Waals surface area contributed by atoms with Gasteiger partial charge in [0.25, 0.3) is 5.91 Å². The Morgan fingerprint density at radius 3 is 2.96 bits per heavy atom.